The molecule has 0 unspecified atom stereocenters. The van der Waals surface area contributed by atoms with Gasteiger partial charge in [0.1, 0.15) is 6.04 Å². The molecule has 0 spiro atoms. The van der Waals surface area contributed by atoms with Crippen molar-refractivity contribution in [2.45, 2.75) is 38.6 Å². The second-order valence-corrected chi connectivity index (χ2v) is 6.40. The van der Waals surface area contributed by atoms with E-state index in [0.29, 0.717) is 5.56 Å². The molecule has 1 atom stereocenters. The molecule has 1 aromatic carbocycles. The number of hydrogen-bond donors (Lipinski definition) is 4. The number of rotatable bonds is 4. The molecular weight excluding hydrogens is 320 g/mol. The summed E-state index contributed by atoms with van der Waals surface area (Å²) in [5.41, 5.74) is 6.04. The lowest BCUT2D eigenvalue weighted by molar-refractivity contribution is -0.131. The molecule has 0 aliphatic heterocycles. The minimum absolute atomic E-state index is 0.00365. The molecule has 0 bridgehead atoms. The third kappa shape index (κ3) is 3.81. The van der Waals surface area contributed by atoms with Crippen molar-refractivity contribution in [2.75, 3.05) is 0 Å². The van der Waals surface area contributed by atoms with Gasteiger partial charge in [0.25, 0.3) is 11.8 Å². The van der Waals surface area contributed by atoms with Gasteiger partial charge in [-0.1, -0.05) is 31.0 Å². The van der Waals surface area contributed by atoms with Crippen molar-refractivity contribution >= 4 is 28.6 Å². The maximum atomic E-state index is 12.2. The van der Waals surface area contributed by atoms with Crippen LogP contribution in [0.3, 0.4) is 0 Å². The molecule has 1 fully saturated rings. The van der Waals surface area contributed by atoms with E-state index < -0.39 is 17.9 Å². The first-order valence-electron chi connectivity index (χ1n) is 8.53. The zero-order valence-corrected chi connectivity index (χ0v) is 14.1. The van der Waals surface area contributed by atoms with Gasteiger partial charge in [0, 0.05) is 23.0 Å². The van der Waals surface area contributed by atoms with Crippen LogP contribution in [0.25, 0.3) is 10.9 Å². The van der Waals surface area contributed by atoms with Crippen molar-refractivity contribution in [2.24, 2.45) is 5.92 Å². The first-order valence-corrected chi connectivity index (χ1v) is 8.53. The summed E-state index contributed by atoms with van der Waals surface area (Å²) in [5, 5.41) is 3.48. The molecule has 0 radical (unpaired) electrons. The van der Waals surface area contributed by atoms with Crippen molar-refractivity contribution in [1.82, 2.24) is 21.2 Å². The highest BCUT2D eigenvalue weighted by atomic mass is 16.2. The smallest absolute Gasteiger partial charge is 0.271 e. The molecule has 4 N–H and O–H groups in total. The lowest BCUT2D eigenvalue weighted by Crippen LogP contribution is -2.51. The number of carbonyl (C=O) groups is 3. The van der Waals surface area contributed by atoms with Gasteiger partial charge in [-0.15, -0.1) is 0 Å². The zero-order valence-electron chi connectivity index (χ0n) is 14.1. The van der Waals surface area contributed by atoms with Crippen LogP contribution in [0.5, 0.6) is 0 Å². The van der Waals surface area contributed by atoms with Gasteiger partial charge in [0.2, 0.25) is 5.91 Å². The number of fused-ring (bicyclic) bond motifs is 1. The number of aromatic amines is 1. The van der Waals surface area contributed by atoms with Crippen molar-refractivity contribution in [3.8, 4) is 0 Å². The summed E-state index contributed by atoms with van der Waals surface area (Å²) in [6.45, 7) is 1.60. The van der Waals surface area contributed by atoms with Crippen LogP contribution in [0, 0.1) is 5.92 Å². The highest BCUT2D eigenvalue weighted by Gasteiger charge is 2.25. The summed E-state index contributed by atoms with van der Waals surface area (Å²) in [6, 6.07) is 6.69. The van der Waals surface area contributed by atoms with Crippen LogP contribution in [-0.2, 0) is 9.59 Å². The summed E-state index contributed by atoms with van der Waals surface area (Å²) in [6.07, 6.45) is 5.45. The molecule has 0 saturated heterocycles. The first-order chi connectivity index (χ1) is 12.1. The predicted octanol–water partition coefficient (Wildman–Crippen LogP) is 1.62. The van der Waals surface area contributed by atoms with E-state index in [9.17, 15) is 14.4 Å². The predicted molar refractivity (Wildman–Crippen MR) is 93.5 cm³/mol. The van der Waals surface area contributed by atoms with Crippen LogP contribution in [0.1, 0.15) is 43.0 Å². The fourth-order valence-corrected chi connectivity index (χ4v) is 3.14. The van der Waals surface area contributed by atoms with Gasteiger partial charge in [-0.25, -0.2) is 0 Å². The van der Waals surface area contributed by atoms with E-state index in [4.69, 9.17) is 0 Å². The van der Waals surface area contributed by atoms with Gasteiger partial charge in [0.15, 0.2) is 0 Å². The van der Waals surface area contributed by atoms with E-state index in [1.165, 1.54) is 0 Å². The Bertz CT molecular complexity index is 792. The lowest BCUT2D eigenvalue weighted by Gasteiger charge is -2.17. The first kappa shape index (κ1) is 17.0. The second-order valence-electron chi connectivity index (χ2n) is 6.40. The molecule has 2 aromatic rings. The molecule has 1 aliphatic rings. The molecule has 7 heteroatoms. The van der Waals surface area contributed by atoms with Crippen LogP contribution >= 0.6 is 0 Å². The van der Waals surface area contributed by atoms with Gasteiger partial charge in [0.05, 0.1) is 5.56 Å². The average molecular weight is 342 g/mol. The van der Waals surface area contributed by atoms with E-state index in [2.05, 4.69) is 21.2 Å². The Balaban J connectivity index is 1.52. The molecule has 1 heterocycles. The van der Waals surface area contributed by atoms with Gasteiger partial charge in [-0.3, -0.25) is 25.2 Å². The van der Waals surface area contributed by atoms with E-state index >= 15 is 0 Å². The Morgan fingerprint density at radius 3 is 2.60 bits per heavy atom. The number of hydrazine groups is 1. The Morgan fingerprint density at radius 2 is 1.84 bits per heavy atom. The number of carbonyl (C=O) groups excluding carboxylic acids is 3. The highest BCUT2D eigenvalue weighted by molar-refractivity contribution is 6.07. The van der Waals surface area contributed by atoms with Crippen molar-refractivity contribution < 1.29 is 14.4 Å². The molecule has 1 aliphatic carbocycles. The molecule has 25 heavy (non-hydrogen) atoms. The van der Waals surface area contributed by atoms with E-state index in [0.717, 1.165) is 36.6 Å². The standard InChI is InChI=1S/C18H22N4O3/c1-11(20-17(24)12-6-2-3-7-12)16(23)21-22-18(25)14-10-19-15-9-5-4-8-13(14)15/h4-5,8-12,19H,2-3,6-7H2,1H3,(H,20,24)(H,21,23)(H,22,25)/t11-/m0/s1. The van der Waals surface area contributed by atoms with Gasteiger partial charge >= 0.3 is 0 Å². The Labute approximate surface area is 145 Å². The highest BCUT2D eigenvalue weighted by Crippen LogP contribution is 2.24. The summed E-state index contributed by atoms with van der Waals surface area (Å²) < 4.78 is 0. The number of amides is 3. The SMILES string of the molecule is C[C@H](NC(=O)C1CCCC1)C(=O)NNC(=O)c1c[nH]c2ccccc12. The maximum absolute atomic E-state index is 12.2. The van der Waals surface area contributed by atoms with Crippen molar-refractivity contribution in [3.63, 3.8) is 0 Å². The Kier molecular flexibility index (Phi) is 5.02. The number of para-hydroxylation sites is 1. The molecule has 1 saturated carbocycles. The third-order valence-electron chi connectivity index (χ3n) is 4.61. The van der Waals surface area contributed by atoms with E-state index in [-0.39, 0.29) is 11.8 Å². The summed E-state index contributed by atoms with van der Waals surface area (Å²) in [7, 11) is 0. The van der Waals surface area contributed by atoms with Crippen molar-refractivity contribution in [1.29, 1.82) is 0 Å². The Morgan fingerprint density at radius 1 is 1.12 bits per heavy atom. The van der Waals surface area contributed by atoms with Crippen LogP contribution in [-0.4, -0.2) is 28.7 Å². The quantitative estimate of drug-likeness (QED) is 0.635. The maximum Gasteiger partial charge on any atom is 0.271 e. The molecule has 132 valence electrons. The number of H-pyrrole nitrogens is 1. The number of benzene rings is 1. The number of aromatic nitrogens is 1. The zero-order chi connectivity index (χ0) is 17.8. The third-order valence-corrected chi connectivity index (χ3v) is 4.61. The van der Waals surface area contributed by atoms with E-state index in [1.807, 2.05) is 24.3 Å². The van der Waals surface area contributed by atoms with Gasteiger partial charge < -0.3 is 10.3 Å². The van der Waals surface area contributed by atoms with E-state index in [1.54, 1.807) is 13.1 Å². The number of nitrogens with one attached hydrogen (secondary N) is 4. The van der Waals surface area contributed by atoms with Crippen LogP contribution in [0.2, 0.25) is 0 Å². The normalized spacial score (nSPS) is 15.7. The van der Waals surface area contributed by atoms with Crippen molar-refractivity contribution in [3.05, 3.63) is 36.0 Å². The molecule has 3 amide bonds. The Hall–Kier alpha value is -2.83. The molecule has 7 nitrogen and oxygen atoms in total. The lowest BCUT2D eigenvalue weighted by atomic mass is 10.1. The molecule has 3 rings (SSSR count). The number of hydrogen-bond acceptors (Lipinski definition) is 3. The minimum Gasteiger partial charge on any atom is -0.360 e. The summed E-state index contributed by atoms with van der Waals surface area (Å²) in [4.78, 5) is 39.4. The van der Waals surface area contributed by atoms with Crippen LogP contribution in [0.15, 0.2) is 30.5 Å². The second kappa shape index (κ2) is 7.38. The monoisotopic (exact) mass is 342 g/mol. The minimum atomic E-state index is -0.712. The fourth-order valence-electron chi connectivity index (χ4n) is 3.14. The molecular formula is C18H22N4O3. The fraction of sp³-hybridized carbons (Fsp3) is 0.389. The summed E-state index contributed by atoms with van der Waals surface area (Å²) >= 11 is 0. The van der Waals surface area contributed by atoms with Crippen LogP contribution in [0.4, 0.5) is 0 Å². The largest absolute Gasteiger partial charge is 0.360 e. The summed E-state index contributed by atoms with van der Waals surface area (Å²) in [5.74, 6) is -0.973. The average Bonchev–Trinajstić information content (AvgIpc) is 3.28. The van der Waals surface area contributed by atoms with Crippen LogP contribution < -0.4 is 16.2 Å². The molecule has 1 aromatic heterocycles. The van der Waals surface area contributed by atoms with Gasteiger partial charge in [-0.05, 0) is 25.8 Å². The topological polar surface area (TPSA) is 103 Å². The van der Waals surface area contributed by atoms with Gasteiger partial charge in [-0.2, -0.15) is 0 Å².